The standard InChI is InChI=1S/C10H8F2O4/c1-5-3-2-4-6(7(13)9(14)15)8(5)16-10(11)12/h2-4,10H,1H3,(H,14,15). The number of carbonyl (C=O) groups is 2. The van der Waals surface area contributed by atoms with Gasteiger partial charge in [0, 0.05) is 0 Å². The zero-order chi connectivity index (χ0) is 12.3. The van der Waals surface area contributed by atoms with Crippen LogP contribution in [-0.2, 0) is 4.79 Å². The van der Waals surface area contributed by atoms with E-state index in [9.17, 15) is 18.4 Å². The fraction of sp³-hybridized carbons (Fsp3) is 0.200. The molecule has 16 heavy (non-hydrogen) atoms. The molecule has 0 aliphatic rings. The topological polar surface area (TPSA) is 63.6 Å². The van der Waals surface area contributed by atoms with Gasteiger partial charge < -0.3 is 9.84 Å². The number of aliphatic carboxylic acids is 1. The van der Waals surface area contributed by atoms with E-state index in [-0.39, 0.29) is 11.1 Å². The van der Waals surface area contributed by atoms with Gasteiger partial charge in [-0.3, -0.25) is 4.79 Å². The van der Waals surface area contributed by atoms with Crippen molar-refractivity contribution in [3.63, 3.8) is 0 Å². The number of Topliss-reactive ketones (excluding diaryl/α,β-unsaturated/α-hetero) is 1. The lowest BCUT2D eigenvalue weighted by atomic mass is 10.1. The fourth-order valence-electron chi connectivity index (χ4n) is 1.19. The predicted molar refractivity (Wildman–Crippen MR) is 49.8 cm³/mol. The lowest BCUT2D eigenvalue weighted by Crippen LogP contribution is -2.16. The van der Waals surface area contributed by atoms with Crippen molar-refractivity contribution in [2.45, 2.75) is 13.5 Å². The summed E-state index contributed by atoms with van der Waals surface area (Å²) in [6.07, 6.45) is 0. The van der Waals surface area contributed by atoms with Crippen molar-refractivity contribution in [3.8, 4) is 5.75 Å². The highest BCUT2D eigenvalue weighted by atomic mass is 19.3. The number of carboxylic acids is 1. The van der Waals surface area contributed by atoms with Crippen LogP contribution in [0.2, 0.25) is 0 Å². The van der Waals surface area contributed by atoms with Gasteiger partial charge in [0.05, 0.1) is 5.56 Å². The fourth-order valence-corrected chi connectivity index (χ4v) is 1.19. The zero-order valence-electron chi connectivity index (χ0n) is 8.24. The molecule has 1 aromatic rings. The highest BCUT2D eigenvalue weighted by molar-refractivity contribution is 6.40. The Morgan fingerprint density at radius 1 is 1.38 bits per heavy atom. The molecule has 86 valence electrons. The molecule has 0 heterocycles. The maximum Gasteiger partial charge on any atom is 0.387 e. The van der Waals surface area contributed by atoms with Gasteiger partial charge in [-0.25, -0.2) is 4.79 Å². The summed E-state index contributed by atoms with van der Waals surface area (Å²) in [7, 11) is 0. The van der Waals surface area contributed by atoms with Gasteiger partial charge in [-0.15, -0.1) is 0 Å². The number of carboxylic acid groups (broad SMARTS) is 1. The van der Waals surface area contributed by atoms with E-state index in [1.165, 1.54) is 19.1 Å². The van der Waals surface area contributed by atoms with Gasteiger partial charge in [0.15, 0.2) is 0 Å². The molecule has 0 unspecified atom stereocenters. The first-order chi connectivity index (χ1) is 7.43. The average molecular weight is 230 g/mol. The SMILES string of the molecule is Cc1cccc(C(=O)C(=O)O)c1OC(F)F. The number of ketones is 1. The Bertz CT molecular complexity index is 429. The Hall–Kier alpha value is -1.98. The number of ether oxygens (including phenoxy) is 1. The zero-order valence-corrected chi connectivity index (χ0v) is 8.24. The number of carbonyl (C=O) groups excluding carboxylic acids is 1. The molecule has 0 aliphatic heterocycles. The minimum absolute atomic E-state index is 0.271. The second-order valence-electron chi connectivity index (χ2n) is 2.96. The Morgan fingerprint density at radius 2 is 2.00 bits per heavy atom. The molecule has 0 atom stereocenters. The van der Waals surface area contributed by atoms with Crippen molar-refractivity contribution in [2.24, 2.45) is 0 Å². The summed E-state index contributed by atoms with van der Waals surface area (Å²) in [6, 6.07) is 3.96. The third-order valence-electron chi connectivity index (χ3n) is 1.86. The lowest BCUT2D eigenvalue weighted by molar-refractivity contribution is -0.131. The lowest BCUT2D eigenvalue weighted by Gasteiger charge is -2.10. The molecule has 0 saturated carbocycles. The first kappa shape index (κ1) is 12.1. The smallest absolute Gasteiger partial charge is 0.387 e. The van der Waals surface area contributed by atoms with E-state index < -0.39 is 24.1 Å². The number of rotatable bonds is 4. The van der Waals surface area contributed by atoms with Crippen LogP contribution in [0.4, 0.5) is 8.78 Å². The highest BCUT2D eigenvalue weighted by Crippen LogP contribution is 2.25. The second-order valence-corrected chi connectivity index (χ2v) is 2.96. The molecule has 0 spiro atoms. The molecule has 4 nitrogen and oxygen atoms in total. The molecule has 1 rings (SSSR count). The Kier molecular flexibility index (Phi) is 3.55. The molecule has 0 saturated heterocycles. The molecule has 0 aromatic heterocycles. The van der Waals surface area contributed by atoms with Crippen molar-refractivity contribution in [1.82, 2.24) is 0 Å². The summed E-state index contributed by atoms with van der Waals surface area (Å²) >= 11 is 0. The molecule has 1 aromatic carbocycles. The number of benzene rings is 1. The molecule has 1 N–H and O–H groups in total. The van der Waals surface area contributed by atoms with Gasteiger partial charge >= 0.3 is 12.6 Å². The summed E-state index contributed by atoms with van der Waals surface area (Å²) in [4.78, 5) is 21.6. The van der Waals surface area contributed by atoms with Crippen LogP contribution in [-0.4, -0.2) is 23.5 Å². The largest absolute Gasteiger partial charge is 0.475 e. The minimum atomic E-state index is -3.11. The van der Waals surface area contributed by atoms with Crippen molar-refractivity contribution in [1.29, 1.82) is 0 Å². The summed E-state index contributed by atoms with van der Waals surface area (Å²) in [5.41, 5.74) is -0.111. The molecule has 6 heteroatoms. The summed E-state index contributed by atoms with van der Waals surface area (Å²) in [5.74, 6) is -3.39. The van der Waals surface area contributed by atoms with Gasteiger partial charge in [0.1, 0.15) is 5.75 Å². The van der Waals surface area contributed by atoms with E-state index in [0.29, 0.717) is 0 Å². The maximum atomic E-state index is 12.1. The number of hydrogen-bond donors (Lipinski definition) is 1. The van der Waals surface area contributed by atoms with Crippen molar-refractivity contribution >= 4 is 11.8 Å². The number of halogens is 2. The van der Waals surface area contributed by atoms with Crippen LogP contribution in [0.5, 0.6) is 5.75 Å². The van der Waals surface area contributed by atoms with Gasteiger partial charge in [-0.1, -0.05) is 12.1 Å². The third kappa shape index (κ3) is 2.53. The van der Waals surface area contributed by atoms with Crippen LogP contribution in [0, 0.1) is 6.92 Å². The summed E-state index contributed by atoms with van der Waals surface area (Å²) in [6.45, 7) is -1.67. The number of alkyl halides is 2. The van der Waals surface area contributed by atoms with Crippen molar-refractivity contribution < 1.29 is 28.2 Å². The van der Waals surface area contributed by atoms with E-state index in [1.54, 1.807) is 0 Å². The van der Waals surface area contributed by atoms with Crippen LogP contribution in [0.25, 0.3) is 0 Å². The van der Waals surface area contributed by atoms with Gasteiger partial charge in [0.2, 0.25) is 0 Å². The quantitative estimate of drug-likeness (QED) is 0.633. The monoisotopic (exact) mass is 230 g/mol. The molecular weight excluding hydrogens is 222 g/mol. The Morgan fingerprint density at radius 3 is 2.50 bits per heavy atom. The van der Waals surface area contributed by atoms with Crippen LogP contribution in [0.3, 0.4) is 0 Å². The second kappa shape index (κ2) is 4.69. The Labute approximate surface area is 89.5 Å². The summed E-state index contributed by atoms with van der Waals surface area (Å²) < 4.78 is 28.3. The molecule has 0 radical (unpaired) electrons. The minimum Gasteiger partial charge on any atom is -0.475 e. The van der Waals surface area contributed by atoms with Crippen LogP contribution >= 0.6 is 0 Å². The first-order valence-corrected chi connectivity index (χ1v) is 4.25. The van der Waals surface area contributed by atoms with Crippen molar-refractivity contribution in [2.75, 3.05) is 0 Å². The van der Waals surface area contributed by atoms with E-state index in [4.69, 9.17) is 5.11 Å². The first-order valence-electron chi connectivity index (χ1n) is 4.25. The van der Waals surface area contributed by atoms with E-state index in [1.807, 2.05) is 0 Å². The molecule has 0 fully saturated rings. The number of aryl methyl sites for hydroxylation is 1. The summed E-state index contributed by atoms with van der Waals surface area (Å²) in [5, 5.41) is 8.49. The van der Waals surface area contributed by atoms with Gasteiger partial charge in [-0.2, -0.15) is 8.78 Å². The Balaban J connectivity index is 3.22. The predicted octanol–water partition coefficient (Wildman–Crippen LogP) is 1.86. The third-order valence-corrected chi connectivity index (χ3v) is 1.86. The van der Waals surface area contributed by atoms with Gasteiger partial charge in [-0.05, 0) is 18.6 Å². The van der Waals surface area contributed by atoms with E-state index in [2.05, 4.69) is 4.74 Å². The van der Waals surface area contributed by atoms with Crippen molar-refractivity contribution in [3.05, 3.63) is 29.3 Å². The number of para-hydroxylation sites is 1. The van der Waals surface area contributed by atoms with Crippen LogP contribution in [0.1, 0.15) is 15.9 Å². The molecule has 0 amide bonds. The van der Waals surface area contributed by atoms with E-state index in [0.717, 1.165) is 6.07 Å². The average Bonchev–Trinajstić information content (AvgIpc) is 2.19. The molecule has 0 bridgehead atoms. The number of hydrogen-bond acceptors (Lipinski definition) is 3. The van der Waals surface area contributed by atoms with Gasteiger partial charge in [0.25, 0.3) is 5.78 Å². The maximum absolute atomic E-state index is 12.1. The highest BCUT2D eigenvalue weighted by Gasteiger charge is 2.22. The van der Waals surface area contributed by atoms with Crippen LogP contribution < -0.4 is 4.74 Å². The normalized spacial score (nSPS) is 10.2. The van der Waals surface area contributed by atoms with Crippen LogP contribution in [0.15, 0.2) is 18.2 Å². The van der Waals surface area contributed by atoms with E-state index >= 15 is 0 Å². The molecular formula is C10H8F2O4. The molecule has 0 aliphatic carbocycles.